The molecule has 0 N–H and O–H groups in total. The van der Waals surface area contributed by atoms with Gasteiger partial charge in [-0.05, 0) is 47.5 Å². The number of nitrogens with zero attached hydrogens (tertiary/aromatic N) is 3. The van der Waals surface area contributed by atoms with Crippen LogP contribution in [0, 0.1) is 11.3 Å². The SMILES string of the molecule is N#Cc1ccc(-c2ccc3c(c2)N(S(=O)(=O)c2ccc(Cl)nc2)CCO3)cc1. The van der Waals surface area contributed by atoms with Gasteiger partial charge in [-0.15, -0.1) is 0 Å². The van der Waals surface area contributed by atoms with Crippen LogP contribution in [0.5, 0.6) is 5.75 Å². The van der Waals surface area contributed by atoms with Gasteiger partial charge in [-0.1, -0.05) is 29.8 Å². The lowest BCUT2D eigenvalue weighted by Gasteiger charge is -2.30. The molecule has 0 bridgehead atoms. The number of anilines is 1. The largest absolute Gasteiger partial charge is 0.489 e. The molecule has 0 fully saturated rings. The van der Waals surface area contributed by atoms with E-state index in [0.29, 0.717) is 17.0 Å². The van der Waals surface area contributed by atoms with Gasteiger partial charge < -0.3 is 4.74 Å². The first kappa shape index (κ1) is 18.3. The summed E-state index contributed by atoms with van der Waals surface area (Å²) in [6.07, 6.45) is 1.25. The van der Waals surface area contributed by atoms with Gasteiger partial charge in [0.05, 0.1) is 23.9 Å². The summed E-state index contributed by atoms with van der Waals surface area (Å²) in [5, 5.41) is 9.18. The lowest BCUT2D eigenvalue weighted by Crippen LogP contribution is -2.38. The van der Waals surface area contributed by atoms with E-state index in [2.05, 4.69) is 11.1 Å². The number of sulfonamides is 1. The van der Waals surface area contributed by atoms with Crippen LogP contribution in [-0.4, -0.2) is 26.6 Å². The topological polar surface area (TPSA) is 83.3 Å². The van der Waals surface area contributed by atoms with Crippen molar-refractivity contribution >= 4 is 27.3 Å². The molecule has 0 aliphatic carbocycles. The maximum Gasteiger partial charge on any atom is 0.266 e. The summed E-state index contributed by atoms with van der Waals surface area (Å²) >= 11 is 5.78. The standard InChI is InChI=1S/C20H14ClN3O3S/c21-20-8-6-17(13-23-20)28(25,26)24-9-10-27-19-7-5-16(11-18(19)24)15-3-1-14(12-22)2-4-15/h1-8,11,13H,9-10H2. The van der Waals surface area contributed by atoms with Crippen molar-refractivity contribution in [3.05, 3.63) is 71.5 Å². The molecule has 3 aromatic rings. The van der Waals surface area contributed by atoms with E-state index in [1.807, 2.05) is 18.2 Å². The van der Waals surface area contributed by atoms with Crippen molar-refractivity contribution < 1.29 is 13.2 Å². The minimum atomic E-state index is -3.81. The molecule has 6 nitrogen and oxygen atoms in total. The first-order valence-electron chi connectivity index (χ1n) is 8.41. The first-order valence-corrected chi connectivity index (χ1v) is 10.2. The smallest absolute Gasteiger partial charge is 0.266 e. The van der Waals surface area contributed by atoms with E-state index in [0.717, 1.165) is 11.1 Å². The van der Waals surface area contributed by atoms with Gasteiger partial charge in [0.1, 0.15) is 22.4 Å². The molecule has 0 saturated carbocycles. The quantitative estimate of drug-likeness (QED) is 0.611. The normalized spacial score (nSPS) is 13.4. The van der Waals surface area contributed by atoms with E-state index < -0.39 is 10.0 Å². The molecule has 2 aromatic carbocycles. The van der Waals surface area contributed by atoms with Crippen LogP contribution >= 0.6 is 11.6 Å². The summed E-state index contributed by atoms with van der Waals surface area (Å²) in [5.41, 5.74) is 2.72. The van der Waals surface area contributed by atoms with E-state index in [1.54, 1.807) is 24.3 Å². The highest BCUT2D eigenvalue weighted by Gasteiger charge is 2.30. The van der Waals surface area contributed by atoms with E-state index >= 15 is 0 Å². The Morgan fingerprint density at radius 1 is 1.07 bits per heavy atom. The zero-order chi connectivity index (χ0) is 19.7. The molecule has 0 radical (unpaired) electrons. The van der Waals surface area contributed by atoms with Crippen molar-refractivity contribution in [1.82, 2.24) is 4.98 Å². The molecule has 0 atom stereocenters. The number of pyridine rings is 1. The van der Waals surface area contributed by atoms with Crippen molar-refractivity contribution in [2.75, 3.05) is 17.5 Å². The van der Waals surface area contributed by atoms with Crippen LogP contribution in [0.2, 0.25) is 5.15 Å². The van der Waals surface area contributed by atoms with E-state index in [-0.39, 0.29) is 23.2 Å². The molecular formula is C20H14ClN3O3S. The molecule has 28 heavy (non-hydrogen) atoms. The number of hydrogen-bond donors (Lipinski definition) is 0. The monoisotopic (exact) mass is 411 g/mol. The molecule has 0 unspecified atom stereocenters. The zero-order valence-electron chi connectivity index (χ0n) is 14.5. The van der Waals surface area contributed by atoms with Crippen LogP contribution < -0.4 is 9.04 Å². The van der Waals surface area contributed by atoms with Gasteiger partial charge >= 0.3 is 0 Å². The highest BCUT2D eigenvalue weighted by Crippen LogP contribution is 2.38. The fraction of sp³-hybridized carbons (Fsp3) is 0.100. The number of fused-ring (bicyclic) bond motifs is 1. The Balaban J connectivity index is 1.77. The summed E-state index contributed by atoms with van der Waals surface area (Å²) in [5.74, 6) is 0.495. The Labute approximate surface area is 167 Å². The molecular weight excluding hydrogens is 398 g/mol. The molecule has 4 rings (SSSR count). The van der Waals surface area contributed by atoms with Gasteiger partial charge in [-0.25, -0.2) is 13.4 Å². The Kier molecular flexibility index (Phi) is 4.67. The summed E-state index contributed by atoms with van der Waals surface area (Å²) in [7, 11) is -3.81. The Hall–Kier alpha value is -3.08. The lowest BCUT2D eigenvalue weighted by molar-refractivity contribution is 0.316. The molecule has 0 amide bonds. The van der Waals surface area contributed by atoms with Gasteiger partial charge in [0, 0.05) is 6.20 Å². The lowest BCUT2D eigenvalue weighted by atomic mass is 10.0. The number of hydrogen-bond acceptors (Lipinski definition) is 5. The summed E-state index contributed by atoms with van der Waals surface area (Å²) in [6, 6.07) is 17.4. The number of rotatable bonds is 3. The molecule has 1 aliphatic heterocycles. The second-order valence-corrected chi connectivity index (χ2v) is 8.36. The minimum Gasteiger partial charge on any atom is -0.489 e. The highest BCUT2D eigenvalue weighted by atomic mass is 35.5. The fourth-order valence-electron chi connectivity index (χ4n) is 3.00. The first-order chi connectivity index (χ1) is 13.5. The molecule has 0 spiro atoms. The second-order valence-electron chi connectivity index (χ2n) is 6.11. The van der Waals surface area contributed by atoms with Crippen molar-refractivity contribution in [2.45, 2.75) is 4.90 Å². The second kappa shape index (κ2) is 7.15. The van der Waals surface area contributed by atoms with Crippen LogP contribution in [-0.2, 0) is 10.0 Å². The summed E-state index contributed by atoms with van der Waals surface area (Å²) < 4.78 is 33.3. The van der Waals surface area contributed by atoms with Gasteiger partial charge in [0.25, 0.3) is 10.0 Å². The van der Waals surface area contributed by atoms with Gasteiger partial charge in [0.15, 0.2) is 0 Å². The van der Waals surface area contributed by atoms with Crippen molar-refractivity contribution in [3.8, 4) is 22.9 Å². The Morgan fingerprint density at radius 2 is 1.82 bits per heavy atom. The predicted octanol–water partition coefficient (Wildman–Crippen LogP) is 3.86. The summed E-state index contributed by atoms with van der Waals surface area (Å²) in [6.45, 7) is 0.443. The van der Waals surface area contributed by atoms with Gasteiger partial charge in [0.2, 0.25) is 0 Å². The Bertz CT molecular complexity index is 1170. The number of ether oxygens (including phenoxy) is 1. The van der Waals surface area contributed by atoms with Crippen molar-refractivity contribution in [2.24, 2.45) is 0 Å². The average Bonchev–Trinajstić information content (AvgIpc) is 2.73. The fourth-order valence-corrected chi connectivity index (χ4v) is 4.51. The number of aromatic nitrogens is 1. The van der Waals surface area contributed by atoms with Crippen LogP contribution in [0.25, 0.3) is 11.1 Å². The molecule has 2 heterocycles. The van der Waals surface area contributed by atoms with Crippen molar-refractivity contribution in [3.63, 3.8) is 0 Å². The molecule has 140 valence electrons. The zero-order valence-corrected chi connectivity index (χ0v) is 16.1. The third-order valence-corrected chi connectivity index (χ3v) is 6.44. The number of nitriles is 1. The molecule has 8 heteroatoms. The number of benzene rings is 2. The van der Waals surface area contributed by atoms with Crippen LogP contribution in [0.4, 0.5) is 5.69 Å². The van der Waals surface area contributed by atoms with E-state index in [9.17, 15) is 8.42 Å². The van der Waals surface area contributed by atoms with Gasteiger partial charge in [-0.2, -0.15) is 5.26 Å². The van der Waals surface area contributed by atoms with E-state index in [1.165, 1.54) is 22.6 Å². The molecule has 0 saturated heterocycles. The van der Waals surface area contributed by atoms with E-state index in [4.69, 9.17) is 21.6 Å². The van der Waals surface area contributed by atoms with Crippen LogP contribution in [0.3, 0.4) is 0 Å². The summed E-state index contributed by atoms with van der Waals surface area (Å²) in [4.78, 5) is 3.94. The van der Waals surface area contributed by atoms with Crippen molar-refractivity contribution in [1.29, 1.82) is 5.26 Å². The maximum absolute atomic E-state index is 13.1. The third-order valence-electron chi connectivity index (χ3n) is 4.42. The van der Waals surface area contributed by atoms with Gasteiger partial charge in [-0.3, -0.25) is 4.31 Å². The molecule has 1 aliphatic rings. The maximum atomic E-state index is 13.1. The third kappa shape index (κ3) is 3.28. The number of halogens is 1. The minimum absolute atomic E-state index is 0.0635. The van der Waals surface area contributed by atoms with Crippen LogP contribution in [0.15, 0.2) is 65.7 Å². The average molecular weight is 412 g/mol. The Morgan fingerprint density at radius 3 is 2.50 bits per heavy atom. The highest BCUT2D eigenvalue weighted by molar-refractivity contribution is 7.92. The molecule has 1 aromatic heterocycles. The van der Waals surface area contributed by atoms with Crippen LogP contribution in [0.1, 0.15) is 5.56 Å². The predicted molar refractivity (Wildman–Crippen MR) is 106 cm³/mol.